The van der Waals surface area contributed by atoms with E-state index in [-0.39, 0.29) is 17.9 Å². The number of hydrogen-bond donors (Lipinski definition) is 2. The van der Waals surface area contributed by atoms with Crippen LogP contribution in [0.1, 0.15) is 55.3 Å². The number of H-pyrrole nitrogens is 1. The van der Waals surface area contributed by atoms with Crippen LogP contribution in [0, 0.1) is 0 Å². The van der Waals surface area contributed by atoms with Crippen molar-refractivity contribution in [2.75, 3.05) is 11.9 Å². The average Bonchev–Trinajstić information content (AvgIpc) is 2.54. The molecule has 6 heteroatoms. The summed E-state index contributed by atoms with van der Waals surface area (Å²) in [5.74, 6) is -0.00665. The summed E-state index contributed by atoms with van der Waals surface area (Å²) in [5.41, 5.74) is 2.48. The van der Waals surface area contributed by atoms with Crippen LogP contribution in [0.2, 0.25) is 0 Å². The zero-order valence-corrected chi connectivity index (χ0v) is 14.5. The highest BCUT2D eigenvalue weighted by Gasteiger charge is 2.19. The van der Waals surface area contributed by atoms with Gasteiger partial charge in [0, 0.05) is 17.4 Å². The summed E-state index contributed by atoms with van der Waals surface area (Å²) < 4.78 is 0. The van der Waals surface area contributed by atoms with Gasteiger partial charge in [0.2, 0.25) is 5.91 Å². The molecule has 0 fully saturated rings. The van der Waals surface area contributed by atoms with Crippen LogP contribution < -0.4 is 10.9 Å². The second-order valence-corrected chi connectivity index (χ2v) is 6.59. The monoisotopic (exact) mass is 369 g/mol. The summed E-state index contributed by atoms with van der Waals surface area (Å²) in [6.45, 7) is 0.715. The average molecular weight is 370 g/mol. The number of hydrogen-bond acceptors (Lipinski definition) is 3. The molecule has 5 nitrogen and oxygen atoms in total. The molecule has 1 aliphatic rings. The third-order valence-corrected chi connectivity index (χ3v) is 4.65. The lowest BCUT2D eigenvalue weighted by atomic mass is 9.91. The molecule has 1 amide bonds. The van der Waals surface area contributed by atoms with E-state index in [1.54, 1.807) is 0 Å². The van der Waals surface area contributed by atoms with Gasteiger partial charge in [-0.2, -0.15) is 5.10 Å². The quantitative estimate of drug-likeness (QED) is 0.545. The number of alkyl halides is 1. The predicted molar refractivity (Wildman–Crippen MR) is 90.5 cm³/mol. The summed E-state index contributed by atoms with van der Waals surface area (Å²) in [7, 11) is 0. The molecule has 0 spiro atoms. The van der Waals surface area contributed by atoms with Crippen molar-refractivity contribution in [1.29, 1.82) is 0 Å². The Kier molecular flexibility index (Phi) is 7.09. The van der Waals surface area contributed by atoms with Gasteiger partial charge in [0.05, 0.1) is 12.1 Å². The number of nitrogens with one attached hydrogen (secondary N) is 2. The second-order valence-electron chi connectivity index (χ2n) is 5.79. The van der Waals surface area contributed by atoms with Crippen LogP contribution in [0.25, 0.3) is 0 Å². The Morgan fingerprint density at radius 2 is 1.86 bits per heavy atom. The minimum atomic E-state index is -0.0920. The first-order valence-electron chi connectivity index (χ1n) is 8.14. The predicted octanol–water partition coefficient (Wildman–Crippen LogP) is 2.26. The maximum Gasteiger partial charge on any atom is 0.267 e. The summed E-state index contributed by atoms with van der Waals surface area (Å²) in [6.07, 6.45) is 8.56. The van der Waals surface area contributed by atoms with Crippen molar-refractivity contribution in [3.05, 3.63) is 27.2 Å². The van der Waals surface area contributed by atoms with E-state index in [1.165, 1.54) is 12.8 Å². The number of unbranched alkanes of at least 4 members (excludes halogenated alkanes) is 3. The molecule has 2 rings (SSSR count). The van der Waals surface area contributed by atoms with Gasteiger partial charge in [-0.15, -0.1) is 0 Å². The first kappa shape index (κ1) is 17.2. The molecule has 22 heavy (non-hydrogen) atoms. The van der Waals surface area contributed by atoms with Crippen molar-refractivity contribution in [2.24, 2.45) is 0 Å². The first-order chi connectivity index (χ1) is 10.7. The number of carbonyl (C=O) groups is 1. The highest BCUT2D eigenvalue weighted by molar-refractivity contribution is 9.09. The largest absolute Gasteiger partial charge is 0.356 e. The molecule has 1 aromatic heterocycles. The third kappa shape index (κ3) is 4.93. The standard InChI is InChI=1S/C16H24BrN3O2/c17-9-5-1-2-6-10-18-15(21)11-14-12-7-3-4-8-13(12)16(22)20-19-14/h1-11H2,(H,18,21)(H,20,22). The Balaban J connectivity index is 1.83. The lowest BCUT2D eigenvalue weighted by Crippen LogP contribution is -2.29. The topological polar surface area (TPSA) is 74.8 Å². The lowest BCUT2D eigenvalue weighted by molar-refractivity contribution is -0.120. The van der Waals surface area contributed by atoms with Crippen LogP contribution in [0.4, 0.5) is 0 Å². The molecule has 0 aromatic carbocycles. The Hall–Kier alpha value is -1.17. The third-order valence-electron chi connectivity index (χ3n) is 4.09. The number of carbonyl (C=O) groups excluding carboxylic acids is 1. The Morgan fingerprint density at radius 1 is 1.14 bits per heavy atom. The van der Waals surface area contributed by atoms with E-state index in [0.29, 0.717) is 6.54 Å². The molecule has 1 aliphatic carbocycles. The lowest BCUT2D eigenvalue weighted by Gasteiger charge is -2.17. The van der Waals surface area contributed by atoms with Gasteiger partial charge < -0.3 is 5.32 Å². The molecule has 0 saturated heterocycles. The van der Waals surface area contributed by atoms with Crippen molar-refractivity contribution in [3.63, 3.8) is 0 Å². The van der Waals surface area contributed by atoms with Gasteiger partial charge in [0.15, 0.2) is 0 Å². The number of amides is 1. The minimum absolute atomic E-state index is 0.00665. The molecule has 2 N–H and O–H groups in total. The van der Waals surface area contributed by atoms with Gasteiger partial charge >= 0.3 is 0 Å². The molecular weight excluding hydrogens is 346 g/mol. The molecule has 0 saturated carbocycles. The smallest absolute Gasteiger partial charge is 0.267 e. The number of nitrogens with zero attached hydrogens (tertiary/aromatic N) is 1. The second kappa shape index (κ2) is 9.08. The van der Waals surface area contributed by atoms with Gasteiger partial charge in [0.1, 0.15) is 0 Å². The van der Waals surface area contributed by atoms with E-state index in [9.17, 15) is 9.59 Å². The van der Waals surface area contributed by atoms with Gasteiger partial charge in [-0.1, -0.05) is 28.8 Å². The van der Waals surface area contributed by atoms with Crippen molar-refractivity contribution >= 4 is 21.8 Å². The molecule has 0 bridgehead atoms. The molecule has 0 radical (unpaired) electrons. The summed E-state index contributed by atoms with van der Waals surface area (Å²) in [5, 5.41) is 10.6. The van der Waals surface area contributed by atoms with Crippen LogP contribution >= 0.6 is 15.9 Å². The molecule has 122 valence electrons. The van der Waals surface area contributed by atoms with E-state index < -0.39 is 0 Å². The normalized spacial score (nSPS) is 13.7. The number of aromatic nitrogens is 2. The fourth-order valence-electron chi connectivity index (χ4n) is 2.89. The molecular formula is C16H24BrN3O2. The van der Waals surface area contributed by atoms with E-state index >= 15 is 0 Å². The van der Waals surface area contributed by atoms with Gasteiger partial charge in [0.25, 0.3) is 5.56 Å². The van der Waals surface area contributed by atoms with Crippen LogP contribution in [0.5, 0.6) is 0 Å². The number of aromatic amines is 1. The highest BCUT2D eigenvalue weighted by Crippen LogP contribution is 2.20. The number of halogens is 1. The van der Waals surface area contributed by atoms with Crippen molar-refractivity contribution in [1.82, 2.24) is 15.5 Å². The zero-order chi connectivity index (χ0) is 15.8. The maximum atomic E-state index is 12.0. The maximum absolute atomic E-state index is 12.0. The van der Waals surface area contributed by atoms with E-state index in [4.69, 9.17) is 0 Å². The number of rotatable bonds is 8. The van der Waals surface area contributed by atoms with E-state index in [0.717, 1.165) is 60.7 Å². The van der Waals surface area contributed by atoms with Gasteiger partial charge in [-0.25, -0.2) is 5.10 Å². The van der Waals surface area contributed by atoms with Crippen LogP contribution in [-0.4, -0.2) is 28.0 Å². The van der Waals surface area contributed by atoms with Gasteiger partial charge in [-0.05, 0) is 44.1 Å². The van der Waals surface area contributed by atoms with Crippen LogP contribution in [0.15, 0.2) is 4.79 Å². The van der Waals surface area contributed by atoms with E-state index in [2.05, 4.69) is 31.4 Å². The first-order valence-corrected chi connectivity index (χ1v) is 9.26. The van der Waals surface area contributed by atoms with E-state index in [1.807, 2.05) is 0 Å². The Labute approximate surface area is 139 Å². The van der Waals surface area contributed by atoms with Crippen molar-refractivity contribution in [3.8, 4) is 0 Å². The SMILES string of the molecule is O=C(Cc1n[nH]c(=O)c2c1CCCC2)NCCCCCCBr. The fourth-order valence-corrected chi connectivity index (χ4v) is 3.29. The summed E-state index contributed by atoms with van der Waals surface area (Å²) in [4.78, 5) is 23.8. The highest BCUT2D eigenvalue weighted by atomic mass is 79.9. The van der Waals surface area contributed by atoms with Crippen LogP contribution in [-0.2, 0) is 24.1 Å². The molecule has 1 heterocycles. The van der Waals surface area contributed by atoms with Crippen molar-refractivity contribution < 1.29 is 4.79 Å². The molecule has 0 aliphatic heterocycles. The molecule has 1 aromatic rings. The molecule has 0 atom stereocenters. The van der Waals surface area contributed by atoms with Crippen LogP contribution in [0.3, 0.4) is 0 Å². The Morgan fingerprint density at radius 3 is 2.64 bits per heavy atom. The summed E-state index contributed by atoms with van der Waals surface area (Å²) >= 11 is 3.41. The Bertz CT molecular complexity index is 557. The number of fused-ring (bicyclic) bond motifs is 1. The van der Waals surface area contributed by atoms with Gasteiger partial charge in [-0.3, -0.25) is 9.59 Å². The zero-order valence-electron chi connectivity index (χ0n) is 12.9. The fraction of sp³-hybridized carbons (Fsp3) is 0.688. The van der Waals surface area contributed by atoms with Crippen molar-refractivity contribution in [2.45, 2.75) is 57.8 Å². The summed E-state index contributed by atoms with van der Waals surface area (Å²) in [6, 6.07) is 0. The minimum Gasteiger partial charge on any atom is -0.356 e. The molecule has 0 unspecified atom stereocenters.